The predicted octanol–water partition coefficient (Wildman–Crippen LogP) is 2.76. The van der Waals surface area contributed by atoms with Gasteiger partial charge in [-0.2, -0.15) is 0 Å². The summed E-state index contributed by atoms with van der Waals surface area (Å²) in [5, 5.41) is 9.04. The molecule has 0 unspecified atom stereocenters. The fraction of sp³-hybridized carbons (Fsp3) is 0.158. The Morgan fingerprint density at radius 3 is 2.39 bits per heavy atom. The number of benzene rings is 2. The molecule has 0 bridgehead atoms. The Morgan fingerprint density at radius 1 is 1.07 bits per heavy atom. The van der Waals surface area contributed by atoms with Crippen LogP contribution < -0.4 is 9.46 Å². The molecule has 0 aliphatic carbocycles. The van der Waals surface area contributed by atoms with Gasteiger partial charge in [-0.15, -0.1) is 0 Å². The molecule has 0 spiro atoms. The molecule has 0 fully saturated rings. The lowest BCUT2D eigenvalue weighted by Gasteiger charge is -2.15. The zero-order valence-electron chi connectivity index (χ0n) is 15.0. The number of halogens is 1. The van der Waals surface area contributed by atoms with E-state index in [4.69, 9.17) is 9.84 Å². The Bertz CT molecular complexity index is 1060. The highest BCUT2D eigenvalue weighted by Crippen LogP contribution is 2.35. The van der Waals surface area contributed by atoms with Crippen molar-refractivity contribution in [2.24, 2.45) is 0 Å². The molecule has 0 radical (unpaired) electrons. The van der Waals surface area contributed by atoms with Gasteiger partial charge in [0.2, 0.25) is 5.88 Å². The molecule has 1 aromatic heterocycles. The molecule has 0 saturated carbocycles. The van der Waals surface area contributed by atoms with Gasteiger partial charge in [0.15, 0.2) is 5.82 Å². The van der Waals surface area contributed by atoms with Gasteiger partial charge < -0.3 is 9.84 Å². The van der Waals surface area contributed by atoms with E-state index in [2.05, 4.69) is 14.7 Å². The third kappa shape index (κ3) is 4.44. The summed E-state index contributed by atoms with van der Waals surface area (Å²) in [7, 11) is -4.02. The minimum atomic E-state index is -4.02. The van der Waals surface area contributed by atoms with Gasteiger partial charge in [-0.3, -0.25) is 4.72 Å². The van der Waals surface area contributed by atoms with Gasteiger partial charge in [0.05, 0.1) is 17.1 Å². The number of hydrogen-bond donors (Lipinski definition) is 2. The van der Waals surface area contributed by atoms with Crippen LogP contribution in [-0.2, 0) is 10.0 Å². The summed E-state index contributed by atoms with van der Waals surface area (Å²) < 4.78 is 46.4. The van der Waals surface area contributed by atoms with Crippen LogP contribution in [0.3, 0.4) is 0 Å². The number of ether oxygens (including phenoxy) is 1. The quantitative estimate of drug-likeness (QED) is 0.629. The summed E-state index contributed by atoms with van der Waals surface area (Å²) in [5.41, 5.74) is 1.99. The van der Waals surface area contributed by atoms with Crippen LogP contribution in [0.2, 0.25) is 0 Å². The minimum absolute atomic E-state index is 0.0103. The van der Waals surface area contributed by atoms with E-state index in [9.17, 15) is 12.8 Å². The molecule has 0 saturated heterocycles. The lowest BCUT2D eigenvalue weighted by molar-refractivity contribution is 0.197. The van der Waals surface area contributed by atoms with E-state index in [1.807, 2.05) is 19.1 Å². The monoisotopic (exact) mass is 403 g/mol. The lowest BCUT2D eigenvalue weighted by Crippen LogP contribution is -2.16. The molecule has 3 rings (SSSR count). The second-order valence-corrected chi connectivity index (χ2v) is 7.58. The summed E-state index contributed by atoms with van der Waals surface area (Å²) in [6.45, 7) is 1.68. The highest BCUT2D eigenvalue weighted by molar-refractivity contribution is 7.92. The number of sulfonamides is 1. The molecule has 7 nitrogen and oxygen atoms in total. The average molecular weight is 403 g/mol. The molecule has 3 aromatic rings. The van der Waals surface area contributed by atoms with Crippen molar-refractivity contribution in [1.82, 2.24) is 9.97 Å². The van der Waals surface area contributed by atoms with Crippen molar-refractivity contribution < 1.29 is 22.7 Å². The number of aliphatic hydroxyl groups is 1. The second kappa shape index (κ2) is 8.32. The zero-order chi connectivity index (χ0) is 20.1. The fourth-order valence-electron chi connectivity index (χ4n) is 2.48. The van der Waals surface area contributed by atoms with E-state index in [0.29, 0.717) is 11.1 Å². The van der Waals surface area contributed by atoms with Crippen LogP contribution in [0.4, 0.5) is 10.2 Å². The molecule has 9 heteroatoms. The fourth-order valence-corrected chi connectivity index (χ4v) is 3.50. The number of anilines is 1. The first-order valence-corrected chi connectivity index (χ1v) is 9.83. The van der Waals surface area contributed by atoms with Gasteiger partial charge in [0.1, 0.15) is 18.8 Å². The number of nitrogens with one attached hydrogen (secondary N) is 1. The molecule has 2 aromatic carbocycles. The van der Waals surface area contributed by atoms with Crippen molar-refractivity contribution in [2.75, 3.05) is 17.9 Å². The van der Waals surface area contributed by atoms with Crippen molar-refractivity contribution in [3.05, 3.63) is 66.2 Å². The van der Waals surface area contributed by atoms with Crippen LogP contribution >= 0.6 is 0 Å². The molecule has 1 heterocycles. The van der Waals surface area contributed by atoms with Crippen molar-refractivity contribution in [3.63, 3.8) is 0 Å². The second-order valence-electron chi connectivity index (χ2n) is 5.90. The number of aryl methyl sites for hydroxylation is 1. The molecular formula is C19H18FN3O4S. The van der Waals surface area contributed by atoms with Gasteiger partial charge in [-0.25, -0.2) is 22.8 Å². The Labute approximate surface area is 161 Å². The van der Waals surface area contributed by atoms with E-state index in [-0.39, 0.29) is 29.8 Å². The van der Waals surface area contributed by atoms with Gasteiger partial charge in [0.25, 0.3) is 10.0 Å². The van der Waals surface area contributed by atoms with Gasteiger partial charge in [0, 0.05) is 0 Å². The topological polar surface area (TPSA) is 101 Å². The molecular weight excluding hydrogens is 385 g/mol. The van der Waals surface area contributed by atoms with Crippen LogP contribution in [0.5, 0.6) is 5.88 Å². The van der Waals surface area contributed by atoms with E-state index in [1.165, 1.54) is 0 Å². The number of aromatic nitrogens is 2. The molecule has 2 N–H and O–H groups in total. The summed E-state index contributed by atoms with van der Waals surface area (Å²) in [6.07, 6.45) is 1.16. The van der Waals surface area contributed by atoms with Crippen molar-refractivity contribution in [1.29, 1.82) is 0 Å². The summed E-state index contributed by atoms with van der Waals surface area (Å²) in [4.78, 5) is 8.01. The van der Waals surface area contributed by atoms with E-state index in [1.54, 1.807) is 12.1 Å². The predicted molar refractivity (Wildman–Crippen MR) is 102 cm³/mol. The van der Waals surface area contributed by atoms with E-state index < -0.39 is 15.8 Å². The normalized spacial score (nSPS) is 11.2. The van der Waals surface area contributed by atoms with Gasteiger partial charge >= 0.3 is 0 Å². The molecule has 0 atom stereocenters. The molecule has 0 amide bonds. The molecule has 146 valence electrons. The number of rotatable bonds is 7. The number of aliphatic hydroxyl groups excluding tert-OH is 1. The number of hydrogen-bond acceptors (Lipinski definition) is 6. The minimum Gasteiger partial charge on any atom is -0.475 e. The standard InChI is InChI=1S/C19H18FN3O4S/c1-13-2-4-14(5-3-13)17-18(21-12-22-19(17)27-11-10-24)23-28(25,26)16-8-6-15(20)7-9-16/h2-9,12,24H,10-11H2,1H3,(H,21,22,23). The Hall–Kier alpha value is -3.04. The first-order valence-electron chi connectivity index (χ1n) is 8.35. The van der Waals surface area contributed by atoms with Crippen LogP contribution in [0, 0.1) is 12.7 Å². The highest BCUT2D eigenvalue weighted by atomic mass is 32.2. The maximum atomic E-state index is 13.1. The first kappa shape index (κ1) is 19.7. The molecule has 0 aliphatic heterocycles. The SMILES string of the molecule is Cc1ccc(-c2c(NS(=O)(=O)c3ccc(F)cc3)ncnc2OCCO)cc1. The van der Waals surface area contributed by atoms with Crippen LogP contribution in [0.25, 0.3) is 11.1 Å². The lowest BCUT2D eigenvalue weighted by atomic mass is 10.1. The Kier molecular flexibility index (Phi) is 5.86. The van der Waals surface area contributed by atoms with E-state index >= 15 is 0 Å². The van der Waals surface area contributed by atoms with Crippen molar-refractivity contribution in [2.45, 2.75) is 11.8 Å². The summed E-state index contributed by atoms with van der Waals surface area (Å²) >= 11 is 0. The van der Waals surface area contributed by atoms with Crippen LogP contribution in [-0.4, -0.2) is 36.7 Å². The Balaban J connectivity index is 2.07. The molecule has 0 aliphatic rings. The first-order chi connectivity index (χ1) is 13.4. The van der Waals surface area contributed by atoms with E-state index in [0.717, 1.165) is 36.2 Å². The van der Waals surface area contributed by atoms with Gasteiger partial charge in [-0.05, 0) is 36.8 Å². The maximum Gasteiger partial charge on any atom is 0.263 e. The van der Waals surface area contributed by atoms with Crippen molar-refractivity contribution in [3.8, 4) is 17.0 Å². The smallest absolute Gasteiger partial charge is 0.263 e. The van der Waals surface area contributed by atoms with Gasteiger partial charge in [-0.1, -0.05) is 29.8 Å². The highest BCUT2D eigenvalue weighted by Gasteiger charge is 2.21. The summed E-state index contributed by atoms with van der Waals surface area (Å²) in [5.74, 6) is -0.401. The Morgan fingerprint density at radius 2 is 1.75 bits per heavy atom. The summed E-state index contributed by atoms with van der Waals surface area (Å²) in [6, 6.07) is 11.7. The average Bonchev–Trinajstić information content (AvgIpc) is 2.67. The molecule has 28 heavy (non-hydrogen) atoms. The maximum absolute atomic E-state index is 13.1. The largest absolute Gasteiger partial charge is 0.475 e. The van der Waals surface area contributed by atoms with Crippen LogP contribution in [0.1, 0.15) is 5.56 Å². The van der Waals surface area contributed by atoms with Crippen molar-refractivity contribution >= 4 is 15.8 Å². The third-order valence-corrected chi connectivity index (χ3v) is 5.19. The van der Waals surface area contributed by atoms with Crippen LogP contribution in [0.15, 0.2) is 59.8 Å². The number of nitrogens with zero attached hydrogens (tertiary/aromatic N) is 2. The zero-order valence-corrected chi connectivity index (χ0v) is 15.8. The third-order valence-electron chi connectivity index (χ3n) is 3.84.